The van der Waals surface area contributed by atoms with Crippen LogP contribution in [0.4, 0.5) is 15.8 Å². The minimum atomic E-state index is -4.35. The van der Waals surface area contributed by atoms with E-state index in [0.717, 1.165) is 21.8 Å². The Morgan fingerprint density at radius 3 is 2.13 bits per heavy atom. The molecule has 0 aliphatic carbocycles. The first-order chi connectivity index (χ1) is 18.3. The summed E-state index contributed by atoms with van der Waals surface area (Å²) in [4.78, 5) is 16.9. The fraction of sp³-hybridized carbons (Fsp3) is 0.296. The van der Waals surface area contributed by atoms with E-state index < -0.39 is 28.3 Å². The molecule has 0 spiro atoms. The number of piperazine rings is 1. The van der Waals surface area contributed by atoms with Gasteiger partial charge in [-0.15, -0.1) is 0 Å². The number of ether oxygens (including phenoxy) is 3. The van der Waals surface area contributed by atoms with Crippen LogP contribution in [-0.2, 0) is 14.8 Å². The van der Waals surface area contributed by atoms with Crippen LogP contribution >= 0.6 is 0 Å². The third-order valence-electron chi connectivity index (χ3n) is 6.40. The number of rotatable bonds is 9. The molecule has 0 saturated carbocycles. The van der Waals surface area contributed by atoms with Crippen molar-refractivity contribution >= 4 is 27.3 Å². The monoisotopic (exact) mass is 543 g/mol. The van der Waals surface area contributed by atoms with Gasteiger partial charge < -0.3 is 24.0 Å². The first-order valence-corrected chi connectivity index (χ1v) is 13.4. The number of carbonyl (C=O) groups is 1. The van der Waals surface area contributed by atoms with Gasteiger partial charge in [0.25, 0.3) is 10.0 Å². The number of sulfonamides is 1. The summed E-state index contributed by atoms with van der Waals surface area (Å²) in [6.45, 7) is 1.26. The number of methoxy groups -OCH3 is 3. The van der Waals surface area contributed by atoms with Crippen molar-refractivity contribution in [1.82, 2.24) is 4.90 Å². The number of anilines is 2. The lowest BCUT2D eigenvalue weighted by Gasteiger charge is -2.37. The van der Waals surface area contributed by atoms with E-state index in [1.54, 1.807) is 12.0 Å². The van der Waals surface area contributed by atoms with E-state index in [4.69, 9.17) is 14.2 Å². The van der Waals surface area contributed by atoms with E-state index in [2.05, 4.69) is 4.90 Å². The first-order valence-electron chi connectivity index (χ1n) is 11.9. The molecular weight excluding hydrogens is 513 g/mol. The van der Waals surface area contributed by atoms with Crippen molar-refractivity contribution in [2.45, 2.75) is 4.90 Å². The number of benzene rings is 3. The topological polar surface area (TPSA) is 88.6 Å². The van der Waals surface area contributed by atoms with Crippen molar-refractivity contribution < 1.29 is 31.8 Å². The summed E-state index contributed by atoms with van der Waals surface area (Å²) in [7, 11) is 0.0790. The molecule has 0 radical (unpaired) electrons. The zero-order valence-electron chi connectivity index (χ0n) is 21.5. The molecule has 9 nitrogen and oxygen atoms in total. The van der Waals surface area contributed by atoms with E-state index in [1.165, 1.54) is 50.6 Å². The molecule has 11 heteroatoms. The second-order valence-electron chi connectivity index (χ2n) is 8.52. The van der Waals surface area contributed by atoms with Gasteiger partial charge in [0.05, 0.1) is 37.6 Å². The van der Waals surface area contributed by atoms with Gasteiger partial charge in [0.2, 0.25) is 5.91 Å². The molecule has 0 atom stereocenters. The zero-order chi connectivity index (χ0) is 27.3. The lowest BCUT2D eigenvalue weighted by atomic mass is 10.2. The van der Waals surface area contributed by atoms with E-state index in [0.29, 0.717) is 31.9 Å². The predicted octanol–water partition coefficient (Wildman–Crippen LogP) is 3.40. The molecule has 1 aliphatic heterocycles. The fourth-order valence-electron chi connectivity index (χ4n) is 4.37. The van der Waals surface area contributed by atoms with Gasteiger partial charge >= 0.3 is 0 Å². The molecule has 1 aliphatic rings. The van der Waals surface area contributed by atoms with Gasteiger partial charge in [0.1, 0.15) is 18.1 Å². The van der Waals surface area contributed by atoms with Crippen molar-refractivity contribution in [3.8, 4) is 17.2 Å². The van der Waals surface area contributed by atoms with E-state index in [1.807, 2.05) is 24.3 Å². The van der Waals surface area contributed by atoms with Crippen LogP contribution in [0.1, 0.15) is 0 Å². The lowest BCUT2D eigenvalue weighted by Crippen LogP contribution is -2.52. The smallest absolute Gasteiger partial charge is 0.265 e. The molecule has 0 N–H and O–H groups in total. The molecule has 1 fully saturated rings. The van der Waals surface area contributed by atoms with Crippen LogP contribution in [0.2, 0.25) is 0 Å². The number of hydrogen-bond acceptors (Lipinski definition) is 7. The molecule has 1 saturated heterocycles. The van der Waals surface area contributed by atoms with Crippen molar-refractivity contribution in [1.29, 1.82) is 0 Å². The normalized spacial score (nSPS) is 13.7. The molecule has 1 heterocycles. The summed E-state index contributed by atoms with van der Waals surface area (Å²) in [6, 6.07) is 17.2. The lowest BCUT2D eigenvalue weighted by molar-refractivity contribution is -0.129. The van der Waals surface area contributed by atoms with Crippen molar-refractivity contribution in [2.24, 2.45) is 0 Å². The maximum atomic E-state index is 14.9. The first kappa shape index (κ1) is 27.1. The number of halogens is 1. The predicted molar refractivity (Wildman–Crippen MR) is 142 cm³/mol. The van der Waals surface area contributed by atoms with Crippen LogP contribution in [0.25, 0.3) is 0 Å². The minimum Gasteiger partial charge on any atom is -0.495 e. The maximum Gasteiger partial charge on any atom is 0.265 e. The number of hydrogen-bond donors (Lipinski definition) is 0. The molecule has 202 valence electrons. The Bertz CT molecular complexity index is 1390. The van der Waals surface area contributed by atoms with Crippen LogP contribution < -0.4 is 23.4 Å². The Labute approximate surface area is 222 Å². The number of amides is 1. The number of carbonyl (C=O) groups excluding carboxylic acids is 1. The molecule has 1 amide bonds. The van der Waals surface area contributed by atoms with Crippen molar-refractivity contribution in [3.05, 3.63) is 72.5 Å². The Balaban J connectivity index is 1.58. The van der Waals surface area contributed by atoms with Gasteiger partial charge in [-0.1, -0.05) is 24.3 Å². The summed E-state index contributed by atoms with van der Waals surface area (Å²) < 4.78 is 59.1. The summed E-state index contributed by atoms with van der Waals surface area (Å²) in [5, 5.41) is 0. The third kappa shape index (κ3) is 5.47. The summed E-state index contributed by atoms with van der Waals surface area (Å²) >= 11 is 0. The number of para-hydroxylation sites is 3. The molecule has 0 bridgehead atoms. The van der Waals surface area contributed by atoms with Gasteiger partial charge in [0, 0.05) is 32.2 Å². The molecule has 38 heavy (non-hydrogen) atoms. The highest BCUT2D eigenvalue weighted by Crippen LogP contribution is 2.33. The quantitative estimate of drug-likeness (QED) is 0.409. The van der Waals surface area contributed by atoms with Crippen LogP contribution in [0, 0.1) is 5.82 Å². The molecule has 4 rings (SSSR count). The van der Waals surface area contributed by atoms with Crippen LogP contribution in [-0.4, -0.2) is 73.3 Å². The van der Waals surface area contributed by atoms with Gasteiger partial charge in [-0.25, -0.2) is 12.8 Å². The summed E-state index contributed by atoms with van der Waals surface area (Å²) in [6.07, 6.45) is 0. The highest BCUT2D eigenvalue weighted by molar-refractivity contribution is 7.92. The van der Waals surface area contributed by atoms with E-state index >= 15 is 0 Å². The summed E-state index contributed by atoms with van der Waals surface area (Å²) in [5.74, 6) is 0.0788. The standard InChI is InChI=1S/C27H30FN3O6S/c1-35-24-11-7-6-10-23(24)29-14-16-30(17-15-29)27(32)19-31(22-9-5-4-8-21(22)28)38(33,34)20-12-13-25(36-2)26(18-20)37-3/h4-13,18H,14-17,19H2,1-3H3. The van der Waals surface area contributed by atoms with Gasteiger partial charge in [0.15, 0.2) is 11.5 Å². The molecule has 3 aromatic rings. The molecule has 0 unspecified atom stereocenters. The van der Waals surface area contributed by atoms with Gasteiger partial charge in [-0.05, 0) is 36.4 Å². The summed E-state index contributed by atoms with van der Waals surface area (Å²) in [5.41, 5.74) is 0.703. The van der Waals surface area contributed by atoms with Crippen LogP contribution in [0.15, 0.2) is 71.6 Å². The minimum absolute atomic E-state index is 0.160. The Morgan fingerprint density at radius 2 is 1.47 bits per heavy atom. The third-order valence-corrected chi connectivity index (χ3v) is 8.16. The van der Waals surface area contributed by atoms with Crippen molar-refractivity contribution in [2.75, 3.05) is 63.3 Å². The molecular formula is C27H30FN3O6S. The van der Waals surface area contributed by atoms with E-state index in [-0.39, 0.29) is 16.3 Å². The van der Waals surface area contributed by atoms with Gasteiger partial charge in [-0.3, -0.25) is 9.10 Å². The maximum absolute atomic E-state index is 14.9. The molecule has 0 aromatic heterocycles. The average Bonchev–Trinajstić information content (AvgIpc) is 2.95. The Hall–Kier alpha value is -3.99. The second-order valence-corrected chi connectivity index (χ2v) is 10.4. The number of nitrogens with zero attached hydrogens (tertiary/aromatic N) is 3. The average molecular weight is 544 g/mol. The Kier molecular flexibility index (Phi) is 8.26. The SMILES string of the molecule is COc1ccc(S(=O)(=O)N(CC(=O)N2CCN(c3ccccc3OC)CC2)c2ccccc2F)cc1OC. The van der Waals surface area contributed by atoms with Crippen molar-refractivity contribution in [3.63, 3.8) is 0 Å². The van der Waals surface area contributed by atoms with Crippen LogP contribution in [0.5, 0.6) is 17.2 Å². The second kappa shape index (κ2) is 11.6. The van der Waals surface area contributed by atoms with E-state index in [9.17, 15) is 17.6 Å². The highest BCUT2D eigenvalue weighted by atomic mass is 32.2. The van der Waals surface area contributed by atoms with Gasteiger partial charge in [-0.2, -0.15) is 0 Å². The zero-order valence-corrected chi connectivity index (χ0v) is 22.3. The largest absolute Gasteiger partial charge is 0.495 e. The van der Waals surface area contributed by atoms with Crippen LogP contribution in [0.3, 0.4) is 0 Å². The Morgan fingerprint density at radius 1 is 0.842 bits per heavy atom. The molecule has 3 aromatic carbocycles. The highest BCUT2D eigenvalue weighted by Gasteiger charge is 2.32. The fourth-order valence-corrected chi connectivity index (χ4v) is 5.81.